The van der Waals surface area contributed by atoms with E-state index in [1.807, 2.05) is 36.4 Å². The van der Waals surface area contributed by atoms with Crippen LogP contribution in [0.3, 0.4) is 0 Å². The van der Waals surface area contributed by atoms with Crippen LogP contribution in [0.15, 0.2) is 48.5 Å². The maximum atomic E-state index is 10.7. The standard InChI is InChI=1S/C17H16O2/c18-15-13-7-3-1-5-11(13)9-17(15)10-12-6-2-4-8-14(12)16(17)19/h1-8,15-16,18-19H,9-10H2/t15-,16+,17?. The summed E-state index contributed by atoms with van der Waals surface area (Å²) in [5.74, 6) is 0. The van der Waals surface area contributed by atoms with Gasteiger partial charge in [-0.15, -0.1) is 0 Å². The van der Waals surface area contributed by atoms with Gasteiger partial charge in [0.1, 0.15) is 0 Å². The van der Waals surface area contributed by atoms with Crippen LogP contribution in [0, 0.1) is 5.41 Å². The van der Waals surface area contributed by atoms with E-state index in [2.05, 4.69) is 12.1 Å². The molecule has 0 heterocycles. The fraction of sp³-hybridized carbons (Fsp3) is 0.294. The Morgan fingerprint density at radius 1 is 0.737 bits per heavy atom. The van der Waals surface area contributed by atoms with Gasteiger partial charge >= 0.3 is 0 Å². The van der Waals surface area contributed by atoms with E-state index < -0.39 is 17.6 Å². The Balaban J connectivity index is 1.84. The van der Waals surface area contributed by atoms with Crippen molar-refractivity contribution in [3.8, 4) is 0 Å². The second kappa shape index (κ2) is 3.69. The molecule has 0 aromatic heterocycles. The molecular weight excluding hydrogens is 236 g/mol. The predicted octanol–water partition coefficient (Wildman–Crippen LogP) is 2.55. The summed E-state index contributed by atoms with van der Waals surface area (Å²) in [5, 5.41) is 21.4. The summed E-state index contributed by atoms with van der Waals surface area (Å²) in [4.78, 5) is 0. The van der Waals surface area contributed by atoms with Crippen molar-refractivity contribution in [1.82, 2.24) is 0 Å². The van der Waals surface area contributed by atoms with E-state index in [-0.39, 0.29) is 0 Å². The van der Waals surface area contributed by atoms with Gasteiger partial charge in [-0.05, 0) is 35.1 Å². The summed E-state index contributed by atoms with van der Waals surface area (Å²) >= 11 is 0. The lowest BCUT2D eigenvalue weighted by Gasteiger charge is -2.31. The van der Waals surface area contributed by atoms with Gasteiger partial charge in [0.15, 0.2) is 0 Å². The Morgan fingerprint density at radius 2 is 1.16 bits per heavy atom. The molecule has 4 rings (SSSR count). The molecular formula is C17H16O2. The highest BCUT2D eigenvalue weighted by atomic mass is 16.3. The van der Waals surface area contributed by atoms with Crippen LogP contribution in [-0.2, 0) is 12.8 Å². The zero-order chi connectivity index (χ0) is 13.0. The van der Waals surface area contributed by atoms with Gasteiger partial charge in [0.05, 0.1) is 12.2 Å². The van der Waals surface area contributed by atoms with Crippen LogP contribution >= 0.6 is 0 Å². The van der Waals surface area contributed by atoms with E-state index >= 15 is 0 Å². The molecule has 0 radical (unpaired) electrons. The van der Waals surface area contributed by atoms with Gasteiger partial charge in [0.2, 0.25) is 0 Å². The smallest absolute Gasteiger partial charge is 0.0883 e. The highest BCUT2D eigenvalue weighted by Crippen LogP contribution is 2.58. The topological polar surface area (TPSA) is 40.5 Å². The average Bonchev–Trinajstić information content (AvgIpc) is 2.88. The summed E-state index contributed by atoms with van der Waals surface area (Å²) in [6.07, 6.45) is 0.345. The second-order valence-electron chi connectivity index (χ2n) is 5.79. The molecule has 0 fully saturated rings. The summed E-state index contributed by atoms with van der Waals surface area (Å²) in [6, 6.07) is 16.0. The van der Waals surface area contributed by atoms with Crippen molar-refractivity contribution in [1.29, 1.82) is 0 Å². The minimum Gasteiger partial charge on any atom is -0.388 e. The fourth-order valence-electron chi connectivity index (χ4n) is 3.85. The van der Waals surface area contributed by atoms with Crippen molar-refractivity contribution in [2.24, 2.45) is 5.41 Å². The molecule has 2 aliphatic rings. The van der Waals surface area contributed by atoms with Gasteiger partial charge in [-0.3, -0.25) is 0 Å². The Labute approximate surface area is 112 Å². The number of fused-ring (bicyclic) bond motifs is 2. The van der Waals surface area contributed by atoms with Crippen LogP contribution < -0.4 is 0 Å². The minimum absolute atomic E-state index is 0.465. The summed E-state index contributed by atoms with van der Waals surface area (Å²) in [7, 11) is 0. The molecule has 2 N–H and O–H groups in total. The predicted molar refractivity (Wildman–Crippen MR) is 72.6 cm³/mol. The van der Waals surface area contributed by atoms with Gasteiger partial charge in [0, 0.05) is 5.41 Å². The molecule has 0 aliphatic heterocycles. The van der Waals surface area contributed by atoms with Crippen LogP contribution in [0.5, 0.6) is 0 Å². The van der Waals surface area contributed by atoms with Gasteiger partial charge in [-0.25, -0.2) is 0 Å². The lowest BCUT2D eigenvalue weighted by Crippen LogP contribution is -2.30. The summed E-state index contributed by atoms with van der Waals surface area (Å²) < 4.78 is 0. The minimum atomic E-state index is -0.578. The molecule has 3 atom stereocenters. The van der Waals surface area contributed by atoms with Gasteiger partial charge in [-0.1, -0.05) is 48.5 Å². The van der Waals surface area contributed by atoms with E-state index in [4.69, 9.17) is 0 Å². The Morgan fingerprint density at radius 3 is 1.58 bits per heavy atom. The number of hydrogen-bond donors (Lipinski definition) is 2. The highest BCUT2D eigenvalue weighted by Gasteiger charge is 2.54. The summed E-state index contributed by atoms with van der Waals surface area (Å²) in [6.45, 7) is 0. The van der Waals surface area contributed by atoms with E-state index in [1.165, 1.54) is 11.1 Å². The molecule has 0 saturated heterocycles. The quantitative estimate of drug-likeness (QED) is 0.756. The third-order valence-electron chi connectivity index (χ3n) is 4.83. The van der Waals surface area contributed by atoms with Crippen molar-refractivity contribution in [2.75, 3.05) is 0 Å². The van der Waals surface area contributed by atoms with Crippen molar-refractivity contribution in [3.05, 3.63) is 70.8 Å². The first-order valence-corrected chi connectivity index (χ1v) is 6.74. The monoisotopic (exact) mass is 252 g/mol. The van der Waals surface area contributed by atoms with Crippen molar-refractivity contribution in [2.45, 2.75) is 25.0 Å². The third kappa shape index (κ3) is 1.33. The molecule has 2 heteroatoms. The SMILES string of the molecule is O[C@@H]1c2ccccc2CC12Cc1ccccc1[C@@H]2O. The third-order valence-corrected chi connectivity index (χ3v) is 4.83. The van der Waals surface area contributed by atoms with Crippen LogP contribution in [0.1, 0.15) is 34.5 Å². The molecule has 0 saturated carbocycles. The number of aliphatic hydroxyl groups excluding tert-OH is 2. The molecule has 19 heavy (non-hydrogen) atoms. The van der Waals surface area contributed by atoms with E-state index in [0.717, 1.165) is 24.0 Å². The maximum absolute atomic E-state index is 10.7. The number of aliphatic hydroxyl groups is 2. The summed E-state index contributed by atoms with van der Waals surface area (Å²) in [5.41, 5.74) is 3.83. The van der Waals surface area contributed by atoms with E-state index in [0.29, 0.717) is 0 Å². The average molecular weight is 252 g/mol. The highest BCUT2D eigenvalue weighted by molar-refractivity contribution is 5.45. The number of hydrogen-bond acceptors (Lipinski definition) is 2. The van der Waals surface area contributed by atoms with Gasteiger partial charge in [0.25, 0.3) is 0 Å². The molecule has 2 aliphatic carbocycles. The van der Waals surface area contributed by atoms with Crippen LogP contribution in [0.2, 0.25) is 0 Å². The number of rotatable bonds is 0. The lowest BCUT2D eigenvalue weighted by atomic mass is 9.77. The first-order valence-electron chi connectivity index (χ1n) is 6.74. The molecule has 2 aromatic carbocycles. The Bertz CT molecular complexity index is 590. The first kappa shape index (κ1) is 11.2. The normalized spacial score (nSPS) is 31.5. The van der Waals surface area contributed by atoms with E-state index in [9.17, 15) is 10.2 Å². The van der Waals surface area contributed by atoms with Crippen LogP contribution in [-0.4, -0.2) is 10.2 Å². The molecule has 1 spiro atoms. The Kier molecular flexibility index (Phi) is 2.17. The zero-order valence-corrected chi connectivity index (χ0v) is 10.6. The number of benzene rings is 2. The zero-order valence-electron chi connectivity index (χ0n) is 10.6. The molecule has 0 amide bonds. The van der Waals surface area contributed by atoms with Crippen LogP contribution in [0.25, 0.3) is 0 Å². The molecule has 0 bridgehead atoms. The van der Waals surface area contributed by atoms with Crippen molar-refractivity contribution >= 4 is 0 Å². The first-order chi connectivity index (χ1) is 9.22. The van der Waals surface area contributed by atoms with Gasteiger partial charge < -0.3 is 10.2 Å². The van der Waals surface area contributed by atoms with Crippen LogP contribution in [0.4, 0.5) is 0 Å². The molecule has 2 nitrogen and oxygen atoms in total. The van der Waals surface area contributed by atoms with E-state index in [1.54, 1.807) is 0 Å². The van der Waals surface area contributed by atoms with Gasteiger partial charge in [-0.2, -0.15) is 0 Å². The van der Waals surface area contributed by atoms with Crippen molar-refractivity contribution < 1.29 is 10.2 Å². The maximum Gasteiger partial charge on any atom is 0.0883 e. The van der Waals surface area contributed by atoms with Crippen molar-refractivity contribution in [3.63, 3.8) is 0 Å². The lowest BCUT2D eigenvalue weighted by molar-refractivity contribution is -0.0518. The Hall–Kier alpha value is -1.64. The largest absolute Gasteiger partial charge is 0.388 e. The second-order valence-corrected chi connectivity index (χ2v) is 5.79. The molecule has 1 unspecified atom stereocenters. The molecule has 2 aromatic rings. The fourth-order valence-corrected chi connectivity index (χ4v) is 3.85. The molecule has 96 valence electrons.